The van der Waals surface area contributed by atoms with Crippen LogP contribution in [0.15, 0.2) is 30.7 Å². The highest BCUT2D eigenvalue weighted by molar-refractivity contribution is 6.27. The maximum absolute atomic E-state index is 12.3. The summed E-state index contributed by atoms with van der Waals surface area (Å²) in [7, 11) is 1.46. The molecule has 0 aliphatic carbocycles. The molecule has 0 atom stereocenters. The van der Waals surface area contributed by atoms with Crippen LogP contribution in [-0.4, -0.2) is 43.9 Å². The Labute approximate surface area is 118 Å². The molecule has 7 nitrogen and oxygen atoms in total. The largest absolute Gasteiger partial charge is 0.277 e. The summed E-state index contributed by atoms with van der Waals surface area (Å²) >= 11 is 0. The normalized spacial score (nSPS) is 14.0. The molecule has 21 heavy (non-hydrogen) atoms. The second-order valence-electron chi connectivity index (χ2n) is 4.76. The van der Waals surface area contributed by atoms with Gasteiger partial charge in [-0.1, -0.05) is 0 Å². The highest BCUT2D eigenvalue weighted by atomic mass is 16.2. The summed E-state index contributed by atoms with van der Waals surface area (Å²) in [6.45, 7) is 0. The first-order valence-electron chi connectivity index (χ1n) is 6.28. The van der Waals surface area contributed by atoms with Crippen molar-refractivity contribution in [1.82, 2.24) is 25.1 Å². The molecule has 1 aliphatic heterocycles. The van der Waals surface area contributed by atoms with Gasteiger partial charge in [0, 0.05) is 31.2 Å². The van der Waals surface area contributed by atoms with Gasteiger partial charge in [0.2, 0.25) is 0 Å². The SMILES string of the molecule is CN1C(=O)c2cnc3n[nH]c(-c4cccnc4)c3c2C1=O. The van der Waals surface area contributed by atoms with Crippen molar-refractivity contribution in [2.75, 3.05) is 7.05 Å². The van der Waals surface area contributed by atoms with Crippen LogP contribution < -0.4 is 0 Å². The summed E-state index contributed by atoms with van der Waals surface area (Å²) in [6, 6.07) is 3.64. The summed E-state index contributed by atoms with van der Waals surface area (Å²) in [6.07, 6.45) is 4.72. The van der Waals surface area contributed by atoms with E-state index in [-0.39, 0.29) is 11.8 Å². The minimum atomic E-state index is -0.345. The summed E-state index contributed by atoms with van der Waals surface area (Å²) < 4.78 is 0. The molecule has 102 valence electrons. The lowest BCUT2D eigenvalue weighted by atomic mass is 10.0. The Hall–Kier alpha value is -3.09. The maximum Gasteiger partial charge on any atom is 0.262 e. The molecule has 0 fully saturated rings. The van der Waals surface area contributed by atoms with Crippen molar-refractivity contribution in [3.05, 3.63) is 41.9 Å². The molecule has 1 aliphatic rings. The summed E-state index contributed by atoms with van der Waals surface area (Å²) in [5.74, 6) is -0.684. The number of hydrogen-bond donors (Lipinski definition) is 1. The van der Waals surface area contributed by atoms with Gasteiger partial charge in [-0.25, -0.2) is 4.98 Å². The average Bonchev–Trinajstić information content (AvgIpc) is 3.04. The number of nitrogens with one attached hydrogen (secondary N) is 1. The van der Waals surface area contributed by atoms with Crippen LogP contribution in [-0.2, 0) is 0 Å². The molecular formula is C14H9N5O2. The van der Waals surface area contributed by atoms with E-state index in [1.54, 1.807) is 18.5 Å². The standard InChI is InChI=1S/C14H9N5O2/c1-19-13(20)8-6-16-12-10(9(8)14(19)21)11(17-18-12)7-3-2-4-15-5-7/h2-6H,1H3,(H,16,17,18). The van der Waals surface area contributed by atoms with E-state index in [9.17, 15) is 9.59 Å². The number of amides is 2. The Morgan fingerprint density at radius 3 is 2.81 bits per heavy atom. The lowest BCUT2D eigenvalue weighted by Gasteiger charge is -2.03. The van der Waals surface area contributed by atoms with Crippen LogP contribution in [0.5, 0.6) is 0 Å². The number of H-pyrrole nitrogens is 1. The number of pyridine rings is 2. The summed E-state index contributed by atoms with van der Waals surface area (Å²) in [5.41, 5.74) is 2.48. The second kappa shape index (κ2) is 3.95. The van der Waals surface area contributed by atoms with E-state index in [0.717, 1.165) is 10.5 Å². The molecule has 4 heterocycles. The fourth-order valence-electron chi connectivity index (χ4n) is 2.53. The third-order valence-electron chi connectivity index (χ3n) is 3.59. The van der Waals surface area contributed by atoms with Crippen molar-refractivity contribution in [3.8, 4) is 11.3 Å². The van der Waals surface area contributed by atoms with Crippen molar-refractivity contribution in [2.45, 2.75) is 0 Å². The van der Waals surface area contributed by atoms with Gasteiger partial charge in [0.1, 0.15) is 0 Å². The maximum atomic E-state index is 12.3. The van der Waals surface area contributed by atoms with Gasteiger partial charge >= 0.3 is 0 Å². The van der Waals surface area contributed by atoms with E-state index in [2.05, 4.69) is 20.2 Å². The van der Waals surface area contributed by atoms with E-state index in [0.29, 0.717) is 27.9 Å². The Bertz CT molecular complexity index is 900. The predicted molar refractivity (Wildman–Crippen MR) is 73.5 cm³/mol. The topological polar surface area (TPSA) is 91.8 Å². The third kappa shape index (κ3) is 1.45. The zero-order valence-corrected chi connectivity index (χ0v) is 11.0. The fraction of sp³-hybridized carbons (Fsp3) is 0.0714. The molecular weight excluding hydrogens is 270 g/mol. The number of carbonyl (C=O) groups excluding carboxylic acids is 2. The van der Waals surface area contributed by atoms with Gasteiger partial charge in [-0.15, -0.1) is 0 Å². The number of imide groups is 1. The number of fused-ring (bicyclic) bond motifs is 3. The molecule has 0 radical (unpaired) electrons. The predicted octanol–water partition coefficient (Wildman–Crippen LogP) is 1.25. The van der Waals surface area contributed by atoms with E-state index in [1.165, 1.54) is 13.2 Å². The van der Waals surface area contributed by atoms with Gasteiger partial charge in [-0.05, 0) is 12.1 Å². The molecule has 3 aromatic heterocycles. The smallest absolute Gasteiger partial charge is 0.262 e. The van der Waals surface area contributed by atoms with Crippen LogP contribution in [0.3, 0.4) is 0 Å². The molecule has 0 saturated heterocycles. The van der Waals surface area contributed by atoms with Crippen LogP contribution in [0, 0.1) is 0 Å². The molecule has 7 heteroatoms. The molecule has 2 amide bonds. The molecule has 0 saturated carbocycles. The van der Waals surface area contributed by atoms with Gasteiger partial charge < -0.3 is 0 Å². The first-order chi connectivity index (χ1) is 10.2. The zero-order chi connectivity index (χ0) is 14.6. The lowest BCUT2D eigenvalue weighted by Crippen LogP contribution is -2.24. The monoisotopic (exact) mass is 279 g/mol. The van der Waals surface area contributed by atoms with E-state index < -0.39 is 0 Å². The number of aromatic nitrogens is 4. The summed E-state index contributed by atoms with van der Waals surface area (Å²) in [5, 5.41) is 7.55. The van der Waals surface area contributed by atoms with Crippen LogP contribution >= 0.6 is 0 Å². The Morgan fingerprint density at radius 1 is 1.19 bits per heavy atom. The van der Waals surface area contributed by atoms with Crippen molar-refractivity contribution in [1.29, 1.82) is 0 Å². The molecule has 0 bridgehead atoms. The minimum Gasteiger partial charge on any atom is -0.277 e. The minimum absolute atomic E-state index is 0.307. The number of carbonyl (C=O) groups is 2. The van der Waals surface area contributed by atoms with Gasteiger partial charge in [0.25, 0.3) is 11.8 Å². The number of hydrogen-bond acceptors (Lipinski definition) is 5. The van der Waals surface area contributed by atoms with Crippen LogP contribution in [0.2, 0.25) is 0 Å². The molecule has 3 aromatic rings. The first kappa shape index (κ1) is 11.7. The molecule has 0 aromatic carbocycles. The van der Waals surface area contributed by atoms with Crippen LogP contribution in [0.4, 0.5) is 0 Å². The van der Waals surface area contributed by atoms with Crippen LogP contribution in [0.25, 0.3) is 22.3 Å². The molecule has 0 unspecified atom stereocenters. The number of rotatable bonds is 1. The third-order valence-corrected chi connectivity index (χ3v) is 3.59. The average molecular weight is 279 g/mol. The van der Waals surface area contributed by atoms with Crippen LogP contribution in [0.1, 0.15) is 20.7 Å². The van der Waals surface area contributed by atoms with Gasteiger partial charge in [-0.3, -0.25) is 24.6 Å². The second-order valence-corrected chi connectivity index (χ2v) is 4.76. The zero-order valence-electron chi connectivity index (χ0n) is 11.0. The number of nitrogens with zero attached hydrogens (tertiary/aromatic N) is 4. The highest BCUT2D eigenvalue weighted by Gasteiger charge is 2.36. The van der Waals surface area contributed by atoms with Gasteiger partial charge in [-0.2, -0.15) is 5.10 Å². The van der Waals surface area contributed by atoms with E-state index in [1.807, 2.05) is 6.07 Å². The van der Waals surface area contributed by atoms with Gasteiger partial charge in [0.15, 0.2) is 5.65 Å². The van der Waals surface area contributed by atoms with Gasteiger partial charge in [0.05, 0.1) is 22.2 Å². The van der Waals surface area contributed by atoms with E-state index >= 15 is 0 Å². The fourth-order valence-corrected chi connectivity index (χ4v) is 2.53. The Balaban J connectivity index is 2.10. The number of aromatic amines is 1. The molecule has 4 rings (SSSR count). The molecule has 0 spiro atoms. The Kier molecular flexibility index (Phi) is 2.20. The quantitative estimate of drug-likeness (QED) is 0.677. The molecule has 1 N–H and O–H groups in total. The summed E-state index contributed by atoms with van der Waals surface area (Å²) in [4.78, 5) is 33.7. The van der Waals surface area contributed by atoms with Crippen molar-refractivity contribution in [3.63, 3.8) is 0 Å². The van der Waals surface area contributed by atoms with Crippen molar-refractivity contribution >= 4 is 22.8 Å². The lowest BCUT2D eigenvalue weighted by molar-refractivity contribution is 0.0693. The van der Waals surface area contributed by atoms with Crippen molar-refractivity contribution < 1.29 is 9.59 Å². The highest BCUT2D eigenvalue weighted by Crippen LogP contribution is 2.33. The first-order valence-corrected chi connectivity index (χ1v) is 6.28. The Morgan fingerprint density at radius 2 is 2.05 bits per heavy atom. The van der Waals surface area contributed by atoms with Crippen molar-refractivity contribution in [2.24, 2.45) is 0 Å². The van der Waals surface area contributed by atoms with E-state index in [4.69, 9.17) is 0 Å².